The summed E-state index contributed by atoms with van der Waals surface area (Å²) in [5, 5.41) is 2.55. The van der Waals surface area contributed by atoms with Crippen molar-refractivity contribution in [1.82, 2.24) is 4.57 Å². The van der Waals surface area contributed by atoms with E-state index in [4.69, 9.17) is 0 Å². The fourth-order valence-corrected chi connectivity index (χ4v) is 8.00. The molecule has 0 aliphatic heterocycles. The van der Waals surface area contributed by atoms with Crippen LogP contribution >= 0.6 is 0 Å². The van der Waals surface area contributed by atoms with Gasteiger partial charge in [-0.05, 0) is 111 Å². The summed E-state index contributed by atoms with van der Waals surface area (Å²) < 4.78 is 2.37. The summed E-state index contributed by atoms with van der Waals surface area (Å²) in [6, 6.07) is 82.9. The van der Waals surface area contributed by atoms with E-state index in [0.29, 0.717) is 0 Å². The van der Waals surface area contributed by atoms with Gasteiger partial charge in [0.15, 0.2) is 0 Å². The van der Waals surface area contributed by atoms with Crippen molar-refractivity contribution in [2.24, 2.45) is 0 Å². The number of rotatable bonds is 8. The van der Waals surface area contributed by atoms with Crippen LogP contribution in [0.15, 0.2) is 231 Å². The third-order valence-corrected chi connectivity index (χ3v) is 10.8. The van der Waals surface area contributed by atoms with Gasteiger partial charge in [0.05, 0.1) is 11.0 Å². The first kappa shape index (κ1) is 33.2. The van der Waals surface area contributed by atoms with Crippen LogP contribution in [0, 0.1) is 0 Å². The van der Waals surface area contributed by atoms with Crippen molar-refractivity contribution in [1.29, 1.82) is 0 Å². The van der Waals surface area contributed by atoms with E-state index in [2.05, 4.69) is 240 Å². The minimum absolute atomic E-state index is 1.10. The Kier molecular flexibility index (Phi) is 8.55. The molecule has 0 bridgehead atoms. The number of hydrogen-bond donors (Lipinski definition) is 0. The highest BCUT2D eigenvalue weighted by molar-refractivity contribution is 6.09. The Bertz CT molecular complexity index is 2770. The lowest BCUT2D eigenvalue weighted by Gasteiger charge is -2.26. The summed E-state index contributed by atoms with van der Waals surface area (Å²) in [5.74, 6) is 0. The van der Waals surface area contributed by atoms with Gasteiger partial charge in [0.2, 0.25) is 0 Å². The summed E-state index contributed by atoms with van der Waals surface area (Å²) in [6.45, 7) is 0. The first-order chi connectivity index (χ1) is 27.8. The molecule has 10 aromatic rings. The molecule has 2 heteroatoms. The normalized spacial score (nSPS) is 11.2. The third kappa shape index (κ3) is 6.24. The second-order valence-electron chi connectivity index (χ2n) is 14.2. The molecule has 1 aromatic heterocycles. The molecule has 0 spiro atoms. The van der Waals surface area contributed by atoms with E-state index >= 15 is 0 Å². The molecule has 0 aliphatic rings. The standard InChI is InChI=1S/C54H38N2/c1-3-12-39(13-4-1)41-22-30-47(31-23-41)55(48-32-24-42(25-33-48)40-14-5-2-6-15-40)49-34-26-43(27-35-49)45-16-11-17-46(38-45)44-28-36-50(37-29-44)56-53-20-9-7-18-51(53)52-19-8-10-21-54(52)56/h1-38H. The Labute approximate surface area is 327 Å². The van der Waals surface area contributed by atoms with Gasteiger partial charge >= 0.3 is 0 Å². The van der Waals surface area contributed by atoms with E-state index in [1.165, 1.54) is 66.3 Å². The van der Waals surface area contributed by atoms with Crippen molar-refractivity contribution in [2.45, 2.75) is 0 Å². The Morgan fingerprint density at radius 1 is 0.250 bits per heavy atom. The summed E-state index contributed by atoms with van der Waals surface area (Å²) in [4.78, 5) is 2.34. The number of hydrogen-bond acceptors (Lipinski definition) is 1. The van der Waals surface area contributed by atoms with Gasteiger partial charge in [-0.3, -0.25) is 0 Å². The van der Waals surface area contributed by atoms with E-state index in [-0.39, 0.29) is 0 Å². The molecule has 0 fully saturated rings. The number of benzene rings is 9. The molecular weight excluding hydrogens is 677 g/mol. The first-order valence-corrected chi connectivity index (χ1v) is 19.2. The van der Waals surface area contributed by atoms with Gasteiger partial charge in [-0.2, -0.15) is 0 Å². The topological polar surface area (TPSA) is 8.17 Å². The zero-order chi connectivity index (χ0) is 37.3. The molecule has 9 aromatic carbocycles. The highest BCUT2D eigenvalue weighted by atomic mass is 15.1. The van der Waals surface area contributed by atoms with Crippen LogP contribution in [0.25, 0.3) is 72.0 Å². The van der Waals surface area contributed by atoms with Gasteiger partial charge in [-0.1, -0.05) is 164 Å². The second kappa shape index (κ2) is 14.4. The van der Waals surface area contributed by atoms with Crippen molar-refractivity contribution in [3.8, 4) is 50.2 Å². The molecular formula is C54H38N2. The van der Waals surface area contributed by atoms with E-state index in [9.17, 15) is 0 Å². The van der Waals surface area contributed by atoms with Crippen molar-refractivity contribution < 1.29 is 0 Å². The first-order valence-electron chi connectivity index (χ1n) is 19.2. The minimum Gasteiger partial charge on any atom is -0.311 e. The monoisotopic (exact) mass is 714 g/mol. The molecule has 0 saturated carbocycles. The fraction of sp³-hybridized carbons (Fsp3) is 0. The third-order valence-electron chi connectivity index (χ3n) is 10.8. The average molecular weight is 715 g/mol. The smallest absolute Gasteiger partial charge is 0.0541 e. The van der Waals surface area contributed by atoms with Crippen LogP contribution in [-0.4, -0.2) is 4.57 Å². The summed E-state index contributed by atoms with van der Waals surface area (Å²) in [6.07, 6.45) is 0. The van der Waals surface area contributed by atoms with Crippen LogP contribution < -0.4 is 4.90 Å². The largest absolute Gasteiger partial charge is 0.311 e. The summed E-state index contributed by atoms with van der Waals surface area (Å²) >= 11 is 0. The van der Waals surface area contributed by atoms with Crippen LogP contribution in [0.3, 0.4) is 0 Å². The molecule has 1 heterocycles. The van der Waals surface area contributed by atoms with Crippen LogP contribution in [0.4, 0.5) is 17.1 Å². The van der Waals surface area contributed by atoms with Crippen molar-refractivity contribution in [2.75, 3.05) is 4.90 Å². The van der Waals surface area contributed by atoms with Crippen LogP contribution in [0.2, 0.25) is 0 Å². The lowest BCUT2D eigenvalue weighted by atomic mass is 9.98. The molecule has 2 nitrogen and oxygen atoms in total. The van der Waals surface area contributed by atoms with E-state index in [1.807, 2.05) is 0 Å². The predicted molar refractivity (Wildman–Crippen MR) is 237 cm³/mol. The minimum atomic E-state index is 1.10. The lowest BCUT2D eigenvalue weighted by Crippen LogP contribution is -2.09. The predicted octanol–water partition coefficient (Wildman–Crippen LogP) is 14.9. The molecule has 0 aliphatic carbocycles. The second-order valence-corrected chi connectivity index (χ2v) is 14.2. The maximum atomic E-state index is 2.37. The molecule has 0 N–H and O–H groups in total. The SMILES string of the molecule is c1ccc(-c2ccc(N(c3ccc(-c4ccccc4)cc3)c3ccc(-c4cccc(-c5ccc(-n6c7ccccc7c7ccccc76)cc5)c4)cc3)cc2)cc1. The Hall–Kier alpha value is -7.42. The molecule has 0 atom stereocenters. The molecule has 0 amide bonds. The fourth-order valence-electron chi connectivity index (χ4n) is 8.00. The van der Waals surface area contributed by atoms with Crippen LogP contribution in [0.5, 0.6) is 0 Å². The Morgan fingerprint density at radius 2 is 0.571 bits per heavy atom. The Morgan fingerprint density at radius 3 is 1.00 bits per heavy atom. The zero-order valence-corrected chi connectivity index (χ0v) is 30.8. The molecule has 0 radical (unpaired) electrons. The van der Waals surface area contributed by atoms with Gasteiger partial charge in [0.1, 0.15) is 0 Å². The number of aromatic nitrogens is 1. The van der Waals surface area contributed by atoms with Crippen molar-refractivity contribution in [3.63, 3.8) is 0 Å². The van der Waals surface area contributed by atoms with E-state index < -0.39 is 0 Å². The van der Waals surface area contributed by atoms with Crippen LogP contribution in [0.1, 0.15) is 0 Å². The van der Waals surface area contributed by atoms with E-state index in [0.717, 1.165) is 22.7 Å². The van der Waals surface area contributed by atoms with Gasteiger partial charge in [0.25, 0.3) is 0 Å². The quantitative estimate of drug-likeness (QED) is 0.152. The van der Waals surface area contributed by atoms with Gasteiger partial charge in [-0.15, -0.1) is 0 Å². The number of para-hydroxylation sites is 2. The molecule has 0 saturated heterocycles. The maximum Gasteiger partial charge on any atom is 0.0541 e. The van der Waals surface area contributed by atoms with E-state index in [1.54, 1.807) is 0 Å². The Balaban J connectivity index is 0.959. The van der Waals surface area contributed by atoms with Gasteiger partial charge in [0, 0.05) is 33.5 Å². The number of anilines is 3. The van der Waals surface area contributed by atoms with Crippen molar-refractivity contribution in [3.05, 3.63) is 231 Å². The highest BCUT2D eigenvalue weighted by Gasteiger charge is 2.15. The van der Waals surface area contributed by atoms with Crippen molar-refractivity contribution >= 4 is 38.9 Å². The number of fused-ring (bicyclic) bond motifs is 3. The lowest BCUT2D eigenvalue weighted by molar-refractivity contribution is 1.18. The highest BCUT2D eigenvalue weighted by Crippen LogP contribution is 2.38. The van der Waals surface area contributed by atoms with Gasteiger partial charge < -0.3 is 9.47 Å². The molecule has 10 rings (SSSR count). The van der Waals surface area contributed by atoms with Crippen LogP contribution in [-0.2, 0) is 0 Å². The average Bonchev–Trinajstić information content (AvgIpc) is 3.62. The summed E-state index contributed by atoms with van der Waals surface area (Å²) in [7, 11) is 0. The van der Waals surface area contributed by atoms with Gasteiger partial charge in [-0.25, -0.2) is 0 Å². The molecule has 56 heavy (non-hydrogen) atoms. The maximum absolute atomic E-state index is 2.37. The number of nitrogens with zero attached hydrogens (tertiary/aromatic N) is 2. The molecule has 264 valence electrons. The zero-order valence-electron chi connectivity index (χ0n) is 30.8. The summed E-state index contributed by atoms with van der Waals surface area (Å²) in [5.41, 5.74) is 16.5. The molecule has 0 unspecified atom stereocenters.